The minimum Gasteiger partial charge on any atom is -0.455 e. The summed E-state index contributed by atoms with van der Waals surface area (Å²) in [7, 11) is 0. The van der Waals surface area contributed by atoms with E-state index in [1.807, 2.05) is 6.92 Å². The molecule has 0 atom stereocenters. The molecule has 1 N–H and O–H groups in total. The number of amides is 1. The summed E-state index contributed by atoms with van der Waals surface area (Å²) in [4.78, 5) is 15.9. The van der Waals surface area contributed by atoms with E-state index < -0.39 is 0 Å². The predicted octanol–water partition coefficient (Wildman–Crippen LogP) is 3.55. The van der Waals surface area contributed by atoms with Crippen molar-refractivity contribution in [1.82, 2.24) is 10.4 Å². The van der Waals surface area contributed by atoms with Crippen LogP contribution >= 0.6 is 0 Å². The van der Waals surface area contributed by atoms with E-state index in [4.69, 9.17) is 4.42 Å². The largest absolute Gasteiger partial charge is 0.455 e. The molecule has 0 unspecified atom stereocenters. The lowest BCUT2D eigenvalue weighted by molar-refractivity contribution is 0.0954. The van der Waals surface area contributed by atoms with Crippen LogP contribution in [0.4, 0.5) is 4.39 Å². The maximum atomic E-state index is 12.9. The number of hydrazone groups is 1. The number of nitrogens with zero attached hydrogens (tertiary/aromatic N) is 2. The number of hydrogen-bond acceptors (Lipinski definition) is 4. The van der Waals surface area contributed by atoms with Crippen LogP contribution in [0.1, 0.15) is 21.8 Å². The number of halogens is 1. The minimum atomic E-state index is -0.357. The van der Waals surface area contributed by atoms with Crippen molar-refractivity contribution < 1.29 is 13.6 Å². The molecule has 24 heavy (non-hydrogen) atoms. The second-order valence-electron chi connectivity index (χ2n) is 5.10. The summed E-state index contributed by atoms with van der Waals surface area (Å²) in [5.74, 6) is 0.395. The van der Waals surface area contributed by atoms with Crippen molar-refractivity contribution in [3.05, 3.63) is 77.6 Å². The third-order valence-corrected chi connectivity index (χ3v) is 3.29. The van der Waals surface area contributed by atoms with Crippen LogP contribution in [0.5, 0.6) is 0 Å². The molecule has 0 saturated heterocycles. The van der Waals surface area contributed by atoms with E-state index in [1.165, 1.54) is 24.5 Å². The maximum absolute atomic E-state index is 12.9. The Hall–Kier alpha value is -3.28. The van der Waals surface area contributed by atoms with Crippen LogP contribution in [0.3, 0.4) is 0 Å². The summed E-state index contributed by atoms with van der Waals surface area (Å²) >= 11 is 0. The van der Waals surface area contributed by atoms with E-state index >= 15 is 0 Å². The molecule has 0 spiro atoms. The Morgan fingerprint density at radius 3 is 2.67 bits per heavy atom. The fraction of sp³-hybridized carbons (Fsp3) is 0.0556. The molecule has 6 heteroatoms. The summed E-state index contributed by atoms with van der Waals surface area (Å²) in [6.07, 6.45) is 2.88. The number of benzene rings is 1. The van der Waals surface area contributed by atoms with Crippen LogP contribution in [0.15, 0.2) is 64.2 Å². The van der Waals surface area contributed by atoms with Crippen LogP contribution < -0.4 is 5.43 Å². The Labute approximate surface area is 137 Å². The van der Waals surface area contributed by atoms with Crippen LogP contribution in [-0.2, 0) is 0 Å². The molecule has 0 fully saturated rings. The number of furan rings is 1. The summed E-state index contributed by atoms with van der Waals surface area (Å²) < 4.78 is 18.5. The first-order valence-corrected chi connectivity index (χ1v) is 7.24. The molecule has 5 nitrogen and oxygen atoms in total. The molecule has 3 aromatic rings. The zero-order valence-electron chi connectivity index (χ0n) is 12.9. The van der Waals surface area contributed by atoms with Crippen LogP contribution in [-0.4, -0.2) is 17.1 Å². The number of carbonyl (C=O) groups excluding carboxylic acids is 1. The molecule has 120 valence electrons. The van der Waals surface area contributed by atoms with Gasteiger partial charge in [-0.15, -0.1) is 0 Å². The Bertz CT molecular complexity index is 868. The number of nitrogens with one attached hydrogen (secondary N) is 1. The van der Waals surface area contributed by atoms with Crippen molar-refractivity contribution >= 4 is 12.1 Å². The molecule has 1 aromatic carbocycles. The summed E-state index contributed by atoms with van der Waals surface area (Å²) in [5.41, 5.74) is 4.41. The SMILES string of the molecule is Cc1ccc(C(=O)NN=Cc2ccc(-c3ccc(F)cc3)o2)cn1. The van der Waals surface area contributed by atoms with Crippen LogP contribution in [0.25, 0.3) is 11.3 Å². The number of rotatable bonds is 4. The van der Waals surface area contributed by atoms with Gasteiger partial charge in [-0.05, 0) is 55.5 Å². The quantitative estimate of drug-likeness (QED) is 0.590. The number of aryl methyl sites for hydroxylation is 1. The second-order valence-corrected chi connectivity index (χ2v) is 5.10. The topological polar surface area (TPSA) is 67.5 Å². The average molecular weight is 323 g/mol. The number of pyridine rings is 1. The van der Waals surface area contributed by atoms with Crippen LogP contribution in [0, 0.1) is 12.7 Å². The van der Waals surface area contributed by atoms with Gasteiger partial charge in [0.2, 0.25) is 0 Å². The van der Waals surface area contributed by atoms with Gasteiger partial charge in [0, 0.05) is 17.5 Å². The molecule has 0 aliphatic heterocycles. The Kier molecular flexibility index (Phi) is 4.47. The first-order valence-electron chi connectivity index (χ1n) is 7.24. The van der Waals surface area contributed by atoms with Crippen molar-refractivity contribution in [3.63, 3.8) is 0 Å². The van der Waals surface area contributed by atoms with Crippen LogP contribution in [0.2, 0.25) is 0 Å². The van der Waals surface area contributed by atoms with E-state index in [2.05, 4.69) is 15.5 Å². The lowest BCUT2D eigenvalue weighted by atomic mass is 10.2. The summed E-state index contributed by atoms with van der Waals surface area (Å²) in [6.45, 7) is 1.84. The van der Waals surface area contributed by atoms with Gasteiger partial charge in [-0.25, -0.2) is 9.82 Å². The number of aromatic nitrogens is 1. The molecule has 0 saturated carbocycles. The third-order valence-electron chi connectivity index (χ3n) is 3.29. The highest BCUT2D eigenvalue weighted by molar-refractivity contribution is 5.94. The molecule has 0 bridgehead atoms. The van der Waals surface area contributed by atoms with E-state index in [1.54, 1.807) is 36.4 Å². The van der Waals surface area contributed by atoms with Gasteiger partial charge in [-0.3, -0.25) is 9.78 Å². The van der Waals surface area contributed by atoms with E-state index in [0.717, 1.165) is 11.3 Å². The zero-order chi connectivity index (χ0) is 16.9. The molecule has 3 rings (SSSR count). The standard InChI is InChI=1S/C18H14FN3O2/c1-12-2-3-14(10-20-12)18(23)22-21-11-16-8-9-17(24-16)13-4-6-15(19)7-5-13/h2-11H,1H3,(H,22,23). The fourth-order valence-electron chi connectivity index (χ4n) is 2.01. The van der Waals surface area contributed by atoms with Crippen molar-refractivity contribution in [1.29, 1.82) is 0 Å². The van der Waals surface area contributed by atoms with E-state index in [-0.39, 0.29) is 11.7 Å². The van der Waals surface area contributed by atoms with E-state index in [9.17, 15) is 9.18 Å². The van der Waals surface area contributed by atoms with Gasteiger partial charge in [-0.1, -0.05) is 0 Å². The van der Waals surface area contributed by atoms with Crippen molar-refractivity contribution in [2.75, 3.05) is 0 Å². The van der Waals surface area contributed by atoms with Gasteiger partial charge in [0.05, 0.1) is 11.8 Å². The Morgan fingerprint density at radius 2 is 1.96 bits per heavy atom. The van der Waals surface area contributed by atoms with Gasteiger partial charge in [-0.2, -0.15) is 5.10 Å². The average Bonchev–Trinajstić information content (AvgIpc) is 3.05. The highest BCUT2D eigenvalue weighted by atomic mass is 19.1. The molecule has 1 amide bonds. The van der Waals surface area contributed by atoms with E-state index in [0.29, 0.717) is 17.1 Å². The molecule has 0 radical (unpaired) electrons. The van der Waals surface area contributed by atoms with Crippen molar-refractivity contribution in [2.24, 2.45) is 5.10 Å². The summed E-state index contributed by atoms with van der Waals surface area (Å²) in [6, 6.07) is 12.9. The van der Waals surface area contributed by atoms with Crippen molar-refractivity contribution in [2.45, 2.75) is 6.92 Å². The molecular weight excluding hydrogens is 309 g/mol. The number of carbonyl (C=O) groups is 1. The smallest absolute Gasteiger partial charge is 0.272 e. The Morgan fingerprint density at radius 1 is 1.17 bits per heavy atom. The predicted molar refractivity (Wildman–Crippen MR) is 88.1 cm³/mol. The summed E-state index contributed by atoms with van der Waals surface area (Å²) in [5, 5.41) is 3.86. The normalized spacial score (nSPS) is 10.9. The van der Waals surface area contributed by atoms with Gasteiger partial charge in [0.15, 0.2) is 0 Å². The van der Waals surface area contributed by atoms with Gasteiger partial charge >= 0.3 is 0 Å². The van der Waals surface area contributed by atoms with Gasteiger partial charge < -0.3 is 4.42 Å². The maximum Gasteiger partial charge on any atom is 0.272 e. The molecule has 2 aromatic heterocycles. The fourth-order valence-corrected chi connectivity index (χ4v) is 2.01. The van der Waals surface area contributed by atoms with Gasteiger partial charge in [0.25, 0.3) is 5.91 Å². The third kappa shape index (κ3) is 3.73. The second kappa shape index (κ2) is 6.87. The molecule has 2 heterocycles. The van der Waals surface area contributed by atoms with Crippen molar-refractivity contribution in [3.8, 4) is 11.3 Å². The monoisotopic (exact) mass is 323 g/mol. The first kappa shape index (κ1) is 15.6. The minimum absolute atomic E-state index is 0.305. The van der Waals surface area contributed by atoms with Gasteiger partial charge in [0.1, 0.15) is 17.3 Å². The zero-order valence-corrected chi connectivity index (χ0v) is 12.9. The lowest BCUT2D eigenvalue weighted by Crippen LogP contribution is -2.17. The Balaban J connectivity index is 1.64. The lowest BCUT2D eigenvalue weighted by Gasteiger charge is -1.99. The number of hydrogen-bond donors (Lipinski definition) is 1. The molecule has 0 aliphatic rings. The highest BCUT2D eigenvalue weighted by Gasteiger charge is 2.05. The first-order chi connectivity index (χ1) is 11.6. The molecule has 0 aliphatic carbocycles. The highest BCUT2D eigenvalue weighted by Crippen LogP contribution is 2.21. The molecular formula is C18H14FN3O2.